The minimum atomic E-state index is -0.862. The van der Waals surface area contributed by atoms with Crippen LogP contribution in [-0.2, 0) is 6.54 Å². The summed E-state index contributed by atoms with van der Waals surface area (Å²) < 4.78 is 25.8. The topological polar surface area (TPSA) is 40.7 Å². The molecule has 0 aliphatic heterocycles. The number of hydrogen-bond donors (Lipinski definition) is 2. The quantitative estimate of drug-likeness (QED) is 0.857. The molecule has 0 saturated carbocycles. The number of nitrogens with one attached hydrogen (secondary N) is 2. The van der Waals surface area contributed by atoms with E-state index in [0.29, 0.717) is 17.8 Å². The maximum atomic E-state index is 13.0. The van der Waals surface area contributed by atoms with Crippen LogP contribution >= 0.6 is 0 Å². The molecule has 0 unspecified atom stereocenters. The van der Waals surface area contributed by atoms with Gasteiger partial charge < -0.3 is 5.32 Å². The summed E-state index contributed by atoms with van der Waals surface area (Å²) in [5, 5.41) is 10.0. The number of aromatic nitrogens is 2. The summed E-state index contributed by atoms with van der Waals surface area (Å²) in [6, 6.07) is 5.56. The molecule has 90 valence electrons. The molecule has 17 heavy (non-hydrogen) atoms. The van der Waals surface area contributed by atoms with Crippen molar-refractivity contribution in [3.63, 3.8) is 0 Å². The first kappa shape index (κ1) is 11.7. The van der Waals surface area contributed by atoms with Gasteiger partial charge in [0.05, 0.1) is 5.69 Å². The lowest BCUT2D eigenvalue weighted by molar-refractivity contribution is 0.509. The molecule has 0 saturated heterocycles. The van der Waals surface area contributed by atoms with E-state index in [1.807, 2.05) is 13.0 Å². The predicted octanol–water partition coefficient (Wildman–Crippen LogP) is 2.46. The summed E-state index contributed by atoms with van der Waals surface area (Å²) in [4.78, 5) is 0. The molecule has 2 N–H and O–H groups in total. The number of H-pyrrole nitrogens is 1. The molecule has 0 spiro atoms. The molecule has 3 nitrogen and oxygen atoms in total. The Morgan fingerprint density at radius 1 is 1.24 bits per heavy atom. The van der Waals surface area contributed by atoms with Crippen LogP contribution in [0.2, 0.25) is 0 Å². The van der Waals surface area contributed by atoms with E-state index in [-0.39, 0.29) is 0 Å². The summed E-state index contributed by atoms with van der Waals surface area (Å²) in [5.41, 5.74) is 2.08. The van der Waals surface area contributed by atoms with E-state index in [1.165, 1.54) is 6.07 Å². The summed E-state index contributed by atoms with van der Waals surface area (Å²) in [6.07, 6.45) is 0. The molecule has 1 aromatic heterocycles. The average Bonchev–Trinajstić information content (AvgIpc) is 2.79. The van der Waals surface area contributed by atoms with E-state index in [9.17, 15) is 8.78 Å². The van der Waals surface area contributed by atoms with E-state index in [4.69, 9.17) is 0 Å². The van der Waals surface area contributed by atoms with Gasteiger partial charge in [-0.25, -0.2) is 8.78 Å². The van der Waals surface area contributed by atoms with Gasteiger partial charge in [-0.1, -0.05) is 6.92 Å². The van der Waals surface area contributed by atoms with Crippen molar-refractivity contribution in [3.8, 4) is 11.3 Å². The maximum absolute atomic E-state index is 13.0. The fourth-order valence-electron chi connectivity index (χ4n) is 1.52. The Bertz CT molecular complexity index is 508. The van der Waals surface area contributed by atoms with Gasteiger partial charge in [0.1, 0.15) is 0 Å². The van der Waals surface area contributed by atoms with Crippen molar-refractivity contribution in [1.82, 2.24) is 15.5 Å². The summed E-state index contributed by atoms with van der Waals surface area (Å²) in [5.74, 6) is -1.71. The molecule has 0 aliphatic rings. The SMILES string of the molecule is CCNCc1cc(-c2ccc(F)c(F)c2)n[nH]1. The number of rotatable bonds is 4. The van der Waals surface area contributed by atoms with Gasteiger partial charge >= 0.3 is 0 Å². The Morgan fingerprint density at radius 3 is 2.76 bits per heavy atom. The lowest BCUT2D eigenvalue weighted by Crippen LogP contribution is -2.11. The zero-order valence-corrected chi connectivity index (χ0v) is 9.43. The minimum absolute atomic E-state index is 0.558. The Hall–Kier alpha value is -1.75. The Morgan fingerprint density at radius 2 is 2.06 bits per heavy atom. The molecule has 0 radical (unpaired) electrons. The highest BCUT2D eigenvalue weighted by Crippen LogP contribution is 2.20. The van der Waals surface area contributed by atoms with Crippen molar-refractivity contribution in [2.45, 2.75) is 13.5 Å². The Balaban J connectivity index is 2.21. The second-order valence-electron chi connectivity index (χ2n) is 3.69. The Kier molecular flexibility index (Phi) is 3.49. The minimum Gasteiger partial charge on any atom is -0.311 e. The van der Waals surface area contributed by atoms with Gasteiger partial charge in [0.15, 0.2) is 11.6 Å². The lowest BCUT2D eigenvalue weighted by atomic mass is 10.1. The van der Waals surface area contributed by atoms with Gasteiger partial charge in [-0.15, -0.1) is 0 Å². The van der Waals surface area contributed by atoms with Crippen molar-refractivity contribution in [3.05, 3.63) is 41.6 Å². The van der Waals surface area contributed by atoms with Gasteiger partial charge in [-0.05, 0) is 30.8 Å². The van der Waals surface area contributed by atoms with Crippen molar-refractivity contribution < 1.29 is 8.78 Å². The molecular formula is C12H13F2N3. The lowest BCUT2D eigenvalue weighted by Gasteiger charge is -1.97. The van der Waals surface area contributed by atoms with E-state index in [0.717, 1.165) is 24.4 Å². The predicted molar refractivity (Wildman–Crippen MR) is 61.3 cm³/mol. The second kappa shape index (κ2) is 5.05. The van der Waals surface area contributed by atoms with Crippen molar-refractivity contribution in [2.75, 3.05) is 6.54 Å². The number of benzene rings is 1. The highest BCUT2D eigenvalue weighted by molar-refractivity contribution is 5.59. The standard InChI is InChI=1S/C12H13F2N3/c1-2-15-7-9-6-12(17-16-9)8-3-4-10(13)11(14)5-8/h3-6,15H,2,7H2,1H3,(H,16,17). The second-order valence-corrected chi connectivity index (χ2v) is 3.69. The van der Waals surface area contributed by atoms with Crippen LogP contribution in [0.5, 0.6) is 0 Å². The van der Waals surface area contributed by atoms with Crippen LogP contribution in [0.1, 0.15) is 12.6 Å². The van der Waals surface area contributed by atoms with Crippen LogP contribution in [0.25, 0.3) is 11.3 Å². The van der Waals surface area contributed by atoms with E-state index in [2.05, 4.69) is 15.5 Å². The highest BCUT2D eigenvalue weighted by Gasteiger charge is 2.07. The number of hydrogen-bond acceptors (Lipinski definition) is 2. The van der Waals surface area contributed by atoms with Crippen LogP contribution in [-0.4, -0.2) is 16.7 Å². The molecule has 0 bridgehead atoms. The van der Waals surface area contributed by atoms with Gasteiger partial charge in [-0.2, -0.15) is 5.10 Å². The first-order valence-electron chi connectivity index (χ1n) is 5.41. The van der Waals surface area contributed by atoms with E-state index in [1.54, 1.807) is 0 Å². The molecule has 1 aromatic carbocycles. The first-order valence-corrected chi connectivity index (χ1v) is 5.41. The number of nitrogens with zero attached hydrogens (tertiary/aromatic N) is 1. The van der Waals surface area contributed by atoms with E-state index >= 15 is 0 Å². The largest absolute Gasteiger partial charge is 0.311 e. The van der Waals surface area contributed by atoms with Crippen LogP contribution in [0.4, 0.5) is 8.78 Å². The van der Waals surface area contributed by atoms with Crippen molar-refractivity contribution in [2.24, 2.45) is 0 Å². The molecule has 5 heteroatoms. The molecule has 0 aliphatic carbocycles. The van der Waals surface area contributed by atoms with Crippen LogP contribution < -0.4 is 5.32 Å². The molecule has 0 amide bonds. The molecule has 2 rings (SSSR count). The average molecular weight is 237 g/mol. The van der Waals surface area contributed by atoms with E-state index < -0.39 is 11.6 Å². The van der Waals surface area contributed by atoms with Crippen LogP contribution in [0.3, 0.4) is 0 Å². The van der Waals surface area contributed by atoms with Crippen LogP contribution in [0, 0.1) is 11.6 Å². The van der Waals surface area contributed by atoms with Gasteiger partial charge in [-0.3, -0.25) is 5.10 Å². The Labute approximate surface area is 97.9 Å². The summed E-state index contributed by atoms with van der Waals surface area (Å²) >= 11 is 0. The highest BCUT2D eigenvalue weighted by atomic mass is 19.2. The molecule has 0 fully saturated rings. The normalized spacial score (nSPS) is 10.8. The van der Waals surface area contributed by atoms with Gasteiger partial charge in [0.2, 0.25) is 0 Å². The summed E-state index contributed by atoms with van der Waals surface area (Å²) in [7, 11) is 0. The van der Waals surface area contributed by atoms with Gasteiger partial charge in [0.25, 0.3) is 0 Å². The van der Waals surface area contributed by atoms with Crippen LogP contribution in [0.15, 0.2) is 24.3 Å². The molecular weight excluding hydrogens is 224 g/mol. The third kappa shape index (κ3) is 2.68. The third-order valence-electron chi connectivity index (χ3n) is 2.41. The third-order valence-corrected chi connectivity index (χ3v) is 2.41. The van der Waals surface area contributed by atoms with Gasteiger partial charge in [0, 0.05) is 17.8 Å². The maximum Gasteiger partial charge on any atom is 0.159 e. The molecule has 1 heterocycles. The summed E-state index contributed by atoms with van der Waals surface area (Å²) in [6.45, 7) is 3.54. The number of halogens is 2. The monoisotopic (exact) mass is 237 g/mol. The van der Waals surface area contributed by atoms with Crippen molar-refractivity contribution in [1.29, 1.82) is 0 Å². The fourth-order valence-corrected chi connectivity index (χ4v) is 1.52. The first-order chi connectivity index (χ1) is 8.20. The molecule has 0 atom stereocenters. The zero-order chi connectivity index (χ0) is 12.3. The van der Waals surface area contributed by atoms with Crippen molar-refractivity contribution >= 4 is 0 Å². The number of aromatic amines is 1. The molecule has 2 aromatic rings. The fraction of sp³-hybridized carbons (Fsp3) is 0.250. The zero-order valence-electron chi connectivity index (χ0n) is 9.43. The smallest absolute Gasteiger partial charge is 0.159 e.